The summed E-state index contributed by atoms with van der Waals surface area (Å²) in [6, 6.07) is 8.95. The van der Waals surface area contributed by atoms with E-state index >= 15 is 0 Å². The highest BCUT2D eigenvalue weighted by molar-refractivity contribution is 5.30. The first-order chi connectivity index (χ1) is 11.1. The van der Waals surface area contributed by atoms with Crippen molar-refractivity contribution >= 4 is 0 Å². The molecule has 4 heteroatoms. The van der Waals surface area contributed by atoms with Gasteiger partial charge in [0.2, 0.25) is 0 Å². The molecule has 2 aliphatic rings. The number of hydrogen-bond acceptors (Lipinski definition) is 4. The van der Waals surface area contributed by atoms with Crippen LogP contribution in [0, 0.1) is 5.41 Å². The number of methoxy groups -OCH3 is 1. The van der Waals surface area contributed by atoms with Crippen molar-refractivity contribution < 1.29 is 4.74 Å². The Morgan fingerprint density at radius 3 is 2.70 bits per heavy atom. The lowest BCUT2D eigenvalue weighted by atomic mass is 9.89. The summed E-state index contributed by atoms with van der Waals surface area (Å²) in [5.41, 5.74) is 1.82. The second-order valence-electron chi connectivity index (χ2n) is 7.50. The molecular weight excluding hydrogens is 286 g/mol. The van der Waals surface area contributed by atoms with E-state index in [1.807, 2.05) is 6.07 Å². The summed E-state index contributed by atoms with van der Waals surface area (Å²) in [5, 5.41) is 3.51. The third kappa shape index (κ3) is 4.06. The maximum Gasteiger partial charge on any atom is 0.119 e. The van der Waals surface area contributed by atoms with Crippen molar-refractivity contribution in [3.05, 3.63) is 29.8 Å². The average molecular weight is 317 g/mol. The van der Waals surface area contributed by atoms with Gasteiger partial charge in [-0.2, -0.15) is 0 Å². The summed E-state index contributed by atoms with van der Waals surface area (Å²) in [5.74, 6) is 0.953. The Hall–Kier alpha value is -1.10. The highest BCUT2D eigenvalue weighted by Gasteiger charge is 2.32. The van der Waals surface area contributed by atoms with Crippen LogP contribution in [0.3, 0.4) is 0 Å². The Bertz CT molecular complexity index is 505. The number of nitrogens with one attached hydrogen (secondary N) is 1. The van der Waals surface area contributed by atoms with Gasteiger partial charge in [0.25, 0.3) is 0 Å². The van der Waals surface area contributed by atoms with Gasteiger partial charge in [-0.1, -0.05) is 19.1 Å². The van der Waals surface area contributed by atoms with Crippen LogP contribution in [0.15, 0.2) is 24.3 Å². The van der Waals surface area contributed by atoms with Crippen LogP contribution >= 0.6 is 0 Å². The minimum atomic E-state index is 0.455. The molecule has 2 fully saturated rings. The van der Waals surface area contributed by atoms with E-state index in [1.165, 1.54) is 44.7 Å². The summed E-state index contributed by atoms with van der Waals surface area (Å²) in [6.07, 6.45) is 1.31. The van der Waals surface area contributed by atoms with Crippen LogP contribution in [-0.4, -0.2) is 62.7 Å². The third-order valence-corrected chi connectivity index (χ3v) is 5.59. The van der Waals surface area contributed by atoms with Crippen LogP contribution in [0.25, 0.3) is 0 Å². The molecule has 4 nitrogen and oxygen atoms in total. The van der Waals surface area contributed by atoms with Crippen molar-refractivity contribution in [1.29, 1.82) is 0 Å². The van der Waals surface area contributed by atoms with Crippen molar-refractivity contribution in [3.63, 3.8) is 0 Å². The largest absolute Gasteiger partial charge is 0.497 e. The van der Waals surface area contributed by atoms with Gasteiger partial charge in [0.15, 0.2) is 0 Å². The number of nitrogens with zero attached hydrogens (tertiary/aromatic N) is 2. The Morgan fingerprint density at radius 1 is 1.26 bits per heavy atom. The van der Waals surface area contributed by atoms with Gasteiger partial charge in [-0.15, -0.1) is 0 Å². The van der Waals surface area contributed by atoms with Crippen LogP contribution in [0.2, 0.25) is 0 Å². The third-order valence-electron chi connectivity index (χ3n) is 5.59. The number of hydrogen-bond donors (Lipinski definition) is 1. The molecule has 1 aromatic carbocycles. The molecule has 128 valence electrons. The number of rotatable bonds is 5. The maximum absolute atomic E-state index is 5.36. The number of piperazine rings is 1. The lowest BCUT2D eigenvalue weighted by molar-refractivity contribution is 0.0760. The van der Waals surface area contributed by atoms with Gasteiger partial charge in [0.1, 0.15) is 5.75 Å². The summed E-state index contributed by atoms with van der Waals surface area (Å²) in [6.45, 7) is 13.0. The van der Waals surface area contributed by atoms with E-state index in [2.05, 4.69) is 47.2 Å². The molecule has 0 aliphatic carbocycles. The van der Waals surface area contributed by atoms with E-state index in [1.54, 1.807) is 7.11 Å². The number of ether oxygens (including phenoxy) is 1. The zero-order chi connectivity index (χ0) is 16.3. The van der Waals surface area contributed by atoms with Gasteiger partial charge in [-0.25, -0.2) is 0 Å². The molecule has 0 radical (unpaired) electrons. The fourth-order valence-corrected chi connectivity index (χ4v) is 3.96. The predicted octanol–water partition coefficient (Wildman–Crippen LogP) is 2.37. The Balaban J connectivity index is 1.53. The van der Waals surface area contributed by atoms with Crippen LogP contribution in [0.1, 0.15) is 31.9 Å². The molecular formula is C19H31N3O. The molecule has 2 heterocycles. The summed E-state index contributed by atoms with van der Waals surface area (Å²) < 4.78 is 5.36. The molecule has 2 atom stereocenters. The van der Waals surface area contributed by atoms with Gasteiger partial charge >= 0.3 is 0 Å². The highest BCUT2D eigenvalue weighted by Crippen LogP contribution is 2.28. The molecule has 1 aromatic rings. The maximum atomic E-state index is 5.36. The van der Waals surface area contributed by atoms with Crippen LogP contribution in [-0.2, 0) is 0 Å². The first kappa shape index (κ1) is 16.7. The molecule has 0 amide bonds. The van der Waals surface area contributed by atoms with E-state index in [0.29, 0.717) is 11.5 Å². The van der Waals surface area contributed by atoms with Crippen molar-refractivity contribution in [3.8, 4) is 5.75 Å². The Labute approximate surface area is 140 Å². The summed E-state index contributed by atoms with van der Waals surface area (Å²) >= 11 is 0. The van der Waals surface area contributed by atoms with Crippen molar-refractivity contribution in [2.24, 2.45) is 5.41 Å². The van der Waals surface area contributed by atoms with Crippen LogP contribution in [0.4, 0.5) is 0 Å². The van der Waals surface area contributed by atoms with Gasteiger partial charge in [-0.05, 0) is 43.0 Å². The van der Waals surface area contributed by atoms with Crippen LogP contribution < -0.4 is 10.1 Å². The van der Waals surface area contributed by atoms with E-state index in [9.17, 15) is 0 Å². The fraction of sp³-hybridized carbons (Fsp3) is 0.684. The fourth-order valence-electron chi connectivity index (χ4n) is 3.96. The lowest BCUT2D eigenvalue weighted by Gasteiger charge is -2.41. The van der Waals surface area contributed by atoms with Gasteiger partial charge in [-0.3, -0.25) is 4.90 Å². The van der Waals surface area contributed by atoms with E-state index < -0.39 is 0 Å². The van der Waals surface area contributed by atoms with Crippen LogP contribution in [0.5, 0.6) is 5.75 Å². The first-order valence-corrected chi connectivity index (χ1v) is 8.91. The predicted molar refractivity (Wildman–Crippen MR) is 95.0 cm³/mol. The standard InChI is InChI=1S/C19H31N3O/c1-16(17-5-4-6-18(13-17)23-3)22-11-9-21(10-12-22)15-19(2)7-8-20-14-19/h4-6,13,16,20H,7-12,14-15H2,1-3H3. The van der Waals surface area contributed by atoms with Gasteiger partial charge in [0.05, 0.1) is 7.11 Å². The molecule has 0 saturated carbocycles. The topological polar surface area (TPSA) is 27.7 Å². The van der Waals surface area contributed by atoms with Gasteiger partial charge < -0.3 is 15.0 Å². The smallest absolute Gasteiger partial charge is 0.119 e. The first-order valence-electron chi connectivity index (χ1n) is 8.91. The van der Waals surface area contributed by atoms with Crippen molar-refractivity contribution in [2.45, 2.75) is 26.3 Å². The molecule has 3 rings (SSSR count). The second-order valence-corrected chi connectivity index (χ2v) is 7.50. The van der Waals surface area contributed by atoms with E-state index in [-0.39, 0.29) is 0 Å². The van der Waals surface area contributed by atoms with Crippen molar-refractivity contribution in [1.82, 2.24) is 15.1 Å². The second kappa shape index (κ2) is 7.20. The molecule has 2 saturated heterocycles. The number of benzene rings is 1. The minimum absolute atomic E-state index is 0.455. The zero-order valence-corrected chi connectivity index (χ0v) is 14.8. The van der Waals surface area contributed by atoms with E-state index in [4.69, 9.17) is 4.74 Å². The summed E-state index contributed by atoms with van der Waals surface area (Å²) in [7, 11) is 1.74. The monoisotopic (exact) mass is 317 g/mol. The molecule has 0 bridgehead atoms. The van der Waals surface area contributed by atoms with Crippen molar-refractivity contribution in [2.75, 3.05) is 52.9 Å². The average Bonchev–Trinajstić information content (AvgIpc) is 3.01. The summed E-state index contributed by atoms with van der Waals surface area (Å²) in [4.78, 5) is 5.25. The minimum Gasteiger partial charge on any atom is -0.497 e. The van der Waals surface area contributed by atoms with Gasteiger partial charge in [0, 0.05) is 45.3 Å². The Kier molecular flexibility index (Phi) is 5.24. The lowest BCUT2D eigenvalue weighted by Crippen LogP contribution is -2.50. The van der Waals surface area contributed by atoms with E-state index in [0.717, 1.165) is 18.8 Å². The molecule has 2 aliphatic heterocycles. The molecule has 23 heavy (non-hydrogen) atoms. The SMILES string of the molecule is COc1cccc(C(C)N2CCN(CC3(C)CCNC3)CC2)c1. The molecule has 0 spiro atoms. The molecule has 1 N–H and O–H groups in total. The highest BCUT2D eigenvalue weighted by atomic mass is 16.5. The quantitative estimate of drug-likeness (QED) is 0.902. The normalized spacial score (nSPS) is 28.0. The Morgan fingerprint density at radius 2 is 2.04 bits per heavy atom. The molecule has 2 unspecified atom stereocenters. The molecule has 0 aromatic heterocycles. The zero-order valence-electron chi connectivity index (χ0n) is 14.8.